The molecule has 0 nitrogen and oxygen atoms in total. The van der Waals surface area contributed by atoms with Gasteiger partial charge in [-0.3, -0.25) is 0 Å². The summed E-state index contributed by atoms with van der Waals surface area (Å²) in [5.74, 6) is 0. The van der Waals surface area contributed by atoms with Crippen LogP contribution in [0.4, 0.5) is 0 Å². The Hall–Kier alpha value is 0.720. The van der Waals surface area contributed by atoms with Crippen molar-refractivity contribution in [3.05, 3.63) is 0 Å². The first-order valence-electron chi connectivity index (χ1n) is 5.38. The standard InChI is InChI=1S/C11H24ClP/c1-5-6-7-8-9-10(13-12)11(2,3)4/h10,13H,5-9H2,1-4H3. The molecule has 13 heavy (non-hydrogen) atoms. The van der Waals surface area contributed by atoms with E-state index in [-0.39, 0.29) is 0 Å². The summed E-state index contributed by atoms with van der Waals surface area (Å²) in [6, 6.07) is 0. The van der Waals surface area contributed by atoms with Gasteiger partial charge >= 0.3 is 0 Å². The molecule has 0 fully saturated rings. The van der Waals surface area contributed by atoms with Gasteiger partial charge in [-0.05, 0) is 25.4 Å². The van der Waals surface area contributed by atoms with Crippen LogP contribution in [0.5, 0.6) is 0 Å². The highest BCUT2D eigenvalue weighted by Crippen LogP contribution is 2.40. The van der Waals surface area contributed by atoms with Crippen molar-refractivity contribution < 1.29 is 0 Å². The fourth-order valence-corrected chi connectivity index (χ4v) is 3.38. The van der Waals surface area contributed by atoms with Crippen molar-refractivity contribution in [3.8, 4) is 0 Å². The molecule has 0 aliphatic heterocycles. The normalized spacial score (nSPS) is 15.5. The van der Waals surface area contributed by atoms with Gasteiger partial charge in [0.25, 0.3) is 0 Å². The first kappa shape index (κ1) is 13.7. The Labute approximate surface area is 90.4 Å². The molecule has 0 bridgehead atoms. The van der Waals surface area contributed by atoms with Crippen molar-refractivity contribution in [3.63, 3.8) is 0 Å². The van der Waals surface area contributed by atoms with E-state index in [1.165, 1.54) is 32.1 Å². The van der Waals surface area contributed by atoms with Gasteiger partial charge < -0.3 is 0 Å². The Morgan fingerprint density at radius 1 is 1.15 bits per heavy atom. The van der Waals surface area contributed by atoms with Gasteiger partial charge in [0.2, 0.25) is 0 Å². The molecule has 0 spiro atoms. The van der Waals surface area contributed by atoms with Crippen LogP contribution < -0.4 is 0 Å². The molecule has 0 radical (unpaired) electrons. The first-order valence-corrected chi connectivity index (χ1v) is 7.47. The Kier molecular flexibility index (Phi) is 7.46. The van der Waals surface area contributed by atoms with E-state index in [2.05, 4.69) is 27.7 Å². The number of hydrogen-bond acceptors (Lipinski definition) is 0. The molecule has 0 saturated carbocycles. The molecule has 2 atom stereocenters. The third-order valence-electron chi connectivity index (χ3n) is 2.52. The highest BCUT2D eigenvalue weighted by Gasteiger charge is 2.22. The van der Waals surface area contributed by atoms with Crippen LogP contribution in [0, 0.1) is 5.41 Å². The zero-order chi connectivity index (χ0) is 10.3. The summed E-state index contributed by atoms with van der Waals surface area (Å²) in [5.41, 5.74) is 1.11. The van der Waals surface area contributed by atoms with Crippen LogP contribution in [0.2, 0.25) is 0 Å². The highest BCUT2D eigenvalue weighted by atomic mass is 35.7. The van der Waals surface area contributed by atoms with Crippen LogP contribution in [0.1, 0.15) is 59.8 Å². The minimum absolute atomic E-state index is 0.395. The predicted octanol–water partition coefficient (Wildman–Crippen LogP) is 5.20. The van der Waals surface area contributed by atoms with Crippen LogP contribution in [0.25, 0.3) is 0 Å². The van der Waals surface area contributed by atoms with Gasteiger partial charge in [-0.2, -0.15) is 0 Å². The van der Waals surface area contributed by atoms with Gasteiger partial charge in [0.15, 0.2) is 0 Å². The van der Waals surface area contributed by atoms with Crippen LogP contribution in [0.15, 0.2) is 0 Å². The second-order valence-electron chi connectivity index (χ2n) is 4.88. The number of hydrogen-bond donors (Lipinski definition) is 0. The summed E-state index contributed by atoms with van der Waals surface area (Å²) < 4.78 is 0. The minimum atomic E-state index is 0.395. The maximum atomic E-state index is 5.99. The zero-order valence-electron chi connectivity index (χ0n) is 9.49. The molecule has 2 unspecified atom stereocenters. The lowest BCUT2D eigenvalue weighted by Crippen LogP contribution is -2.20. The molecule has 0 aromatic heterocycles. The van der Waals surface area contributed by atoms with Gasteiger partial charge in [-0.1, -0.05) is 64.6 Å². The van der Waals surface area contributed by atoms with Crippen molar-refractivity contribution in [1.29, 1.82) is 0 Å². The molecule has 0 aromatic carbocycles. The van der Waals surface area contributed by atoms with Crippen molar-refractivity contribution in [2.24, 2.45) is 5.41 Å². The number of rotatable bonds is 6. The SMILES string of the molecule is CCCCCCC(PCl)C(C)(C)C. The fraction of sp³-hybridized carbons (Fsp3) is 1.00. The Morgan fingerprint density at radius 2 is 1.77 bits per heavy atom. The lowest BCUT2D eigenvalue weighted by molar-refractivity contribution is 0.370. The second kappa shape index (κ2) is 7.07. The number of halogens is 1. The van der Waals surface area contributed by atoms with Crippen molar-refractivity contribution in [2.45, 2.75) is 65.5 Å². The molecular weight excluding hydrogens is 199 g/mol. The van der Waals surface area contributed by atoms with Crippen LogP contribution in [-0.2, 0) is 0 Å². The topological polar surface area (TPSA) is 0 Å². The molecule has 0 aliphatic carbocycles. The van der Waals surface area contributed by atoms with E-state index in [0.717, 1.165) is 0 Å². The summed E-state index contributed by atoms with van der Waals surface area (Å²) in [6.45, 7) is 9.15. The summed E-state index contributed by atoms with van der Waals surface area (Å²) in [7, 11) is 0.584. The summed E-state index contributed by atoms with van der Waals surface area (Å²) in [4.78, 5) is 0. The molecule has 0 N–H and O–H groups in total. The number of unbranched alkanes of at least 4 members (excludes halogenated alkanes) is 3. The quantitative estimate of drug-likeness (QED) is 0.428. The molecule has 2 heteroatoms. The average Bonchev–Trinajstić information content (AvgIpc) is 2.02. The smallest absolute Gasteiger partial charge is 0.00492 e. The molecule has 80 valence electrons. The van der Waals surface area contributed by atoms with Gasteiger partial charge in [0.05, 0.1) is 0 Å². The van der Waals surface area contributed by atoms with Crippen molar-refractivity contribution in [1.82, 2.24) is 0 Å². The van der Waals surface area contributed by atoms with Crippen LogP contribution in [0.3, 0.4) is 0 Å². The molecule has 0 rings (SSSR count). The van der Waals surface area contributed by atoms with E-state index in [4.69, 9.17) is 11.2 Å². The Morgan fingerprint density at radius 3 is 2.15 bits per heavy atom. The second-order valence-corrected chi connectivity index (χ2v) is 6.45. The Bertz CT molecular complexity index is 118. The lowest BCUT2D eigenvalue weighted by Gasteiger charge is -2.28. The van der Waals surface area contributed by atoms with E-state index < -0.39 is 0 Å². The Balaban J connectivity index is 3.61. The van der Waals surface area contributed by atoms with Gasteiger partial charge in [-0.25, -0.2) is 0 Å². The monoisotopic (exact) mass is 222 g/mol. The molecule has 0 aromatic rings. The highest BCUT2D eigenvalue weighted by molar-refractivity contribution is 7.69. The maximum absolute atomic E-state index is 5.99. The molecule has 0 heterocycles. The van der Waals surface area contributed by atoms with Gasteiger partial charge in [0, 0.05) is 0 Å². The third-order valence-corrected chi connectivity index (χ3v) is 4.73. The van der Waals surface area contributed by atoms with E-state index in [1.807, 2.05) is 0 Å². The molecule has 0 saturated heterocycles. The summed E-state index contributed by atoms with van der Waals surface area (Å²) in [5, 5.41) is 0. The van der Waals surface area contributed by atoms with E-state index in [9.17, 15) is 0 Å². The predicted molar refractivity (Wildman–Crippen MR) is 66.2 cm³/mol. The van der Waals surface area contributed by atoms with Crippen molar-refractivity contribution in [2.75, 3.05) is 0 Å². The van der Waals surface area contributed by atoms with Crippen molar-refractivity contribution >= 4 is 19.2 Å². The first-order chi connectivity index (χ1) is 6.02. The molecule has 0 amide bonds. The molecule has 0 aliphatic rings. The maximum Gasteiger partial charge on any atom is -0.00492 e. The summed E-state index contributed by atoms with van der Waals surface area (Å²) in [6.07, 6.45) is 6.75. The summed E-state index contributed by atoms with van der Waals surface area (Å²) >= 11 is 5.99. The van der Waals surface area contributed by atoms with Gasteiger partial charge in [-0.15, -0.1) is 0 Å². The van der Waals surface area contributed by atoms with E-state index >= 15 is 0 Å². The third kappa shape index (κ3) is 6.75. The lowest BCUT2D eigenvalue weighted by atomic mass is 9.88. The average molecular weight is 223 g/mol. The van der Waals surface area contributed by atoms with Crippen LogP contribution in [-0.4, -0.2) is 5.66 Å². The van der Waals surface area contributed by atoms with E-state index in [0.29, 0.717) is 19.0 Å². The molecular formula is C11H24ClP. The minimum Gasteiger partial charge on any atom is -0.0998 e. The fourth-order valence-electron chi connectivity index (χ4n) is 1.43. The largest absolute Gasteiger partial charge is 0.0998 e. The van der Waals surface area contributed by atoms with Crippen LogP contribution >= 0.6 is 19.2 Å². The zero-order valence-corrected chi connectivity index (χ0v) is 11.2. The van der Waals surface area contributed by atoms with E-state index in [1.54, 1.807) is 0 Å². The van der Waals surface area contributed by atoms with Gasteiger partial charge in [0.1, 0.15) is 0 Å².